The van der Waals surface area contributed by atoms with E-state index in [1.54, 1.807) is 29.9 Å². The van der Waals surface area contributed by atoms with Crippen molar-refractivity contribution in [2.45, 2.75) is 39.7 Å². The SMILES string of the molecule is Cc1cc(-c2cc(Nc3ccncc3C(=O)NCC(C)O)c(C(C)C)[nH]c2=O)nn1C. The summed E-state index contributed by atoms with van der Waals surface area (Å²) in [5, 5.41) is 19.8. The number of carbonyl (C=O) groups is 1. The highest BCUT2D eigenvalue weighted by molar-refractivity contribution is 6.00. The summed E-state index contributed by atoms with van der Waals surface area (Å²) in [7, 11) is 1.82. The lowest BCUT2D eigenvalue weighted by Gasteiger charge is -2.17. The Morgan fingerprint density at radius 1 is 1.26 bits per heavy atom. The highest BCUT2D eigenvalue weighted by atomic mass is 16.3. The molecule has 0 aliphatic heterocycles. The maximum atomic E-state index is 12.8. The minimum atomic E-state index is -0.659. The second-order valence-electron chi connectivity index (χ2n) is 7.89. The van der Waals surface area contributed by atoms with Crippen LogP contribution in [-0.2, 0) is 7.05 Å². The molecule has 3 aromatic rings. The summed E-state index contributed by atoms with van der Waals surface area (Å²) in [6.45, 7) is 7.60. The van der Waals surface area contributed by atoms with Crippen LogP contribution in [0.1, 0.15) is 48.4 Å². The summed E-state index contributed by atoms with van der Waals surface area (Å²) in [6.07, 6.45) is 2.38. The molecule has 164 valence electrons. The zero-order valence-electron chi connectivity index (χ0n) is 18.4. The lowest BCUT2D eigenvalue weighted by Crippen LogP contribution is -2.31. The molecule has 9 heteroatoms. The predicted octanol–water partition coefficient (Wildman–Crippen LogP) is 2.46. The smallest absolute Gasteiger partial charge is 0.257 e. The minimum Gasteiger partial charge on any atom is -0.392 e. The number of anilines is 2. The van der Waals surface area contributed by atoms with Gasteiger partial charge in [0.25, 0.3) is 11.5 Å². The van der Waals surface area contributed by atoms with Crippen molar-refractivity contribution < 1.29 is 9.90 Å². The maximum absolute atomic E-state index is 12.8. The molecule has 0 spiro atoms. The van der Waals surface area contributed by atoms with Crippen LogP contribution in [-0.4, -0.2) is 43.4 Å². The molecule has 0 radical (unpaired) electrons. The molecule has 0 saturated heterocycles. The number of nitrogens with one attached hydrogen (secondary N) is 3. The van der Waals surface area contributed by atoms with Gasteiger partial charge in [-0.2, -0.15) is 5.10 Å². The standard InChI is InChI=1S/C22H28N6O3/c1-12(2)20-19(9-15(22(31)26-20)18-8-13(3)28(5)27-18)25-17-6-7-23-11-16(17)21(30)24-10-14(4)29/h6-9,11-12,14,29H,10H2,1-5H3,(H,23,25)(H,24,30)(H,26,31). The fourth-order valence-corrected chi connectivity index (χ4v) is 3.15. The van der Waals surface area contributed by atoms with Gasteiger partial charge in [-0.05, 0) is 38.0 Å². The van der Waals surface area contributed by atoms with Crippen molar-refractivity contribution in [2.75, 3.05) is 11.9 Å². The van der Waals surface area contributed by atoms with E-state index in [0.717, 1.165) is 5.69 Å². The van der Waals surface area contributed by atoms with Crippen LogP contribution in [0.15, 0.2) is 35.4 Å². The summed E-state index contributed by atoms with van der Waals surface area (Å²) in [4.78, 5) is 32.4. The van der Waals surface area contributed by atoms with Gasteiger partial charge in [0.1, 0.15) is 0 Å². The topological polar surface area (TPSA) is 125 Å². The average Bonchev–Trinajstić information content (AvgIpc) is 3.05. The number of amides is 1. The molecule has 1 atom stereocenters. The Labute approximate surface area is 180 Å². The molecule has 0 aliphatic carbocycles. The number of aromatic amines is 1. The molecule has 0 saturated carbocycles. The van der Waals surface area contributed by atoms with Crippen molar-refractivity contribution in [1.82, 2.24) is 25.1 Å². The number of pyridine rings is 2. The molecule has 1 unspecified atom stereocenters. The van der Waals surface area contributed by atoms with Gasteiger partial charge in [-0.15, -0.1) is 0 Å². The molecule has 0 aliphatic rings. The number of aromatic nitrogens is 4. The molecule has 1 amide bonds. The highest BCUT2D eigenvalue weighted by Crippen LogP contribution is 2.29. The molecular formula is C22H28N6O3. The molecule has 0 fully saturated rings. The number of carbonyl (C=O) groups excluding carboxylic acids is 1. The third-order valence-corrected chi connectivity index (χ3v) is 4.93. The van der Waals surface area contributed by atoms with Crippen molar-refractivity contribution in [3.63, 3.8) is 0 Å². The number of hydrogen-bond donors (Lipinski definition) is 4. The van der Waals surface area contributed by atoms with E-state index in [9.17, 15) is 14.7 Å². The van der Waals surface area contributed by atoms with Gasteiger partial charge in [0.2, 0.25) is 0 Å². The van der Waals surface area contributed by atoms with Gasteiger partial charge in [-0.25, -0.2) is 0 Å². The van der Waals surface area contributed by atoms with E-state index < -0.39 is 6.10 Å². The molecule has 3 rings (SSSR count). The van der Waals surface area contributed by atoms with Crippen molar-refractivity contribution in [1.29, 1.82) is 0 Å². The summed E-state index contributed by atoms with van der Waals surface area (Å²) < 4.78 is 1.71. The van der Waals surface area contributed by atoms with Gasteiger partial charge >= 0.3 is 0 Å². The first-order valence-electron chi connectivity index (χ1n) is 10.1. The van der Waals surface area contributed by atoms with Crippen molar-refractivity contribution in [3.8, 4) is 11.3 Å². The van der Waals surface area contributed by atoms with E-state index in [1.807, 2.05) is 33.9 Å². The molecule has 0 aromatic carbocycles. The van der Waals surface area contributed by atoms with E-state index in [0.29, 0.717) is 33.9 Å². The van der Waals surface area contributed by atoms with Crippen LogP contribution in [0.2, 0.25) is 0 Å². The molecular weight excluding hydrogens is 396 g/mol. The molecule has 3 aromatic heterocycles. The monoisotopic (exact) mass is 424 g/mol. The van der Waals surface area contributed by atoms with Crippen LogP contribution in [0.3, 0.4) is 0 Å². The number of aryl methyl sites for hydroxylation is 2. The number of aliphatic hydroxyl groups excluding tert-OH is 1. The van der Waals surface area contributed by atoms with E-state index >= 15 is 0 Å². The first kappa shape index (κ1) is 22.2. The third kappa shape index (κ3) is 5.00. The van der Waals surface area contributed by atoms with Gasteiger partial charge in [-0.1, -0.05) is 13.8 Å². The number of aliphatic hydroxyl groups is 1. The fraction of sp³-hybridized carbons (Fsp3) is 0.364. The lowest BCUT2D eigenvalue weighted by atomic mass is 10.0. The Balaban J connectivity index is 2.04. The number of H-pyrrole nitrogens is 1. The van der Waals surface area contributed by atoms with Gasteiger partial charge < -0.3 is 20.7 Å². The van der Waals surface area contributed by atoms with E-state index in [-0.39, 0.29) is 23.9 Å². The molecule has 3 heterocycles. The van der Waals surface area contributed by atoms with Crippen LogP contribution in [0.4, 0.5) is 11.4 Å². The zero-order chi connectivity index (χ0) is 22.7. The first-order valence-corrected chi connectivity index (χ1v) is 10.1. The van der Waals surface area contributed by atoms with Crippen LogP contribution < -0.4 is 16.2 Å². The van der Waals surface area contributed by atoms with Crippen molar-refractivity contribution in [2.24, 2.45) is 7.05 Å². The van der Waals surface area contributed by atoms with Crippen molar-refractivity contribution in [3.05, 3.63) is 57.9 Å². The maximum Gasteiger partial charge on any atom is 0.257 e. The first-order chi connectivity index (χ1) is 14.7. The summed E-state index contributed by atoms with van der Waals surface area (Å²) in [6, 6.07) is 5.30. The Morgan fingerprint density at radius 3 is 2.61 bits per heavy atom. The summed E-state index contributed by atoms with van der Waals surface area (Å²) in [5.74, 6) is -0.323. The Bertz CT molecular complexity index is 1130. The Hall–Kier alpha value is -3.46. The van der Waals surface area contributed by atoms with Gasteiger partial charge in [-0.3, -0.25) is 19.3 Å². The lowest BCUT2D eigenvalue weighted by molar-refractivity contribution is 0.0924. The third-order valence-electron chi connectivity index (χ3n) is 4.93. The van der Waals surface area contributed by atoms with Crippen LogP contribution in [0, 0.1) is 6.92 Å². The van der Waals surface area contributed by atoms with Crippen molar-refractivity contribution >= 4 is 17.3 Å². The minimum absolute atomic E-state index is 0.0315. The highest BCUT2D eigenvalue weighted by Gasteiger charge is 2.18. The normalized spacial score (nSPS) is 12.1. The number of rotatable bonds is 7. The molecule has 31 heavy (non-hydrogen) atoms. The van der Waals surface area contributed by atoms with Gasteiger partial charge in [0, 0.05) is 37.4 Å². The quantitative estimate of drug-likeness (QED) is 0.462. The zero-order valence-corrected chi connectivity index (χ0v) is 18.4. The van der Waals surface area contributed by atoms with E-state index in [4.69, 9.17) is 0 Å². The Morgan fingerprint density at radius 2 is 2.00 bits per heavy atom. The number of nitrogens with zero attached hydrogens (tertiary/aromatic N) is 3. The largest absolute Gasteiger partial charge is 0.392 e. The summed E-state index contributed by atoms with van der Waals surface area (Å²) >= 11 is 0. The van der Waals surface area contributed by atoms with Crippen LogP contribution in [0.5, 0.6) is 0 Å². The predicted molar refractivity (Wildman–Crippen MR) is 120 cm³/mol. The Kier molecular flexibility index (Phi) is 6.55. The van der Waals surface area contributed by atoms with E-state index in [1.165, 1.54) is 6.20 Å². The van der Waals surface area contributed by atoms with Gasteiger partial charge in [0.15, 0.2) is 0 Å². The van der Waals surface area contributed by atoms with E-state index in [2.05, 4.69) is 25.7 Å². The second kappa shape index (κ2) is 9.13. The average molecular weight is 425 g/mol. The van der Waals surface area contributed by atoms with Crippen LogP contribution >= 0.6 is 0 Å². The second-order valence-corrected chi connectivity index (χ2v) is 7.89. The molecule has 9 nitrogen and oxygen atoms in total. The number of hydrogen-bond acceptors (Lipinski definition) is 6. The molecule has 0 bridgehead atoms. The van der Waals surface area contributed by atoms with Gasteiger partial charge in [0.05, 0.1) is 34.3 Å². The molecule has 4 N–H and O–H groups in total. The van der Waals surface area contributed by atoms with Crippen LogP contribution in [0.25, 0.3) is 11.3 Å². The summed E-state index contributed by atoms with van der Waals surface area (Å²) in [5.41, 5.74) is 3.97. The fourth-order valence-electron chi connectivity index (χ4n) is 3.15.